The lowest BCUT2D eigenvalue weighted by molar-refractivity contribution is 0.0224. The van der Waals surface area contributed by atoms with E-state index in [1.165, 1.54) is 28.8 Å². The zero-order valence-electron chi connectivity index (χ0n) is 23.2. The number of carbonyl (C=O) groups excluding carboxylic acids is 1. The Bertz CT molecular complexity index is 1570. The summed E-state index contributed by atoms with van der Waals surface area (Å²) in [5, 5.41) is 10.7. The lowest BCUT2D eigenvalue weighted by atomic mass is 9.95. The molecule has 0 radical (unpaired) electrons. The Morgan fingerprint density at radius 2 is 1.85 bits per heavy atom. The van der Waals surface area contributed by atoms with Crippen molar-refractivity contribution in [2.75, 3.05) is 32.9 Å². The van der Waals surface area contributed by atoms with Crippen LogP contribution in [-0.4, -0.2) is 59.7 Å². The number of fused-ring (bicyclic) bond motifs is 2. The van der Waals surface area contributed by atoms with Crippen LogP contribution in [0.1, 0.15) is 31.9 Å². The standard InChI is InChI=1S/C30H32F2N4O4S/c1-30(2,3)40-29(37)36-10-8-18-14-19(4-5-20(18)16-36)26-25-23(32)17-41-28(25)27(35-34-26)22-7-6-21(31)15-24(22)39-13-12-38-11-9-33/h4-7,14-15,17H,8-13,16,33H2,1-3H3. The number of aromatic nitrogens is 2. The Hall–Kier alpha value is -3.67. The fraction of sp³-hybridized carbons (Fsp3) is 0.367. The van der Waals surface area contributed by atoms with Crippen molar-refractivity contribution in [3.63, 3.8) is 0 Å². The number of nitrogens with zero attached hydrogens (tertiary/aromatic N) is 3. The molecule has 0 atom stereocenters. The molecule has 3 heterocycles. The summed E-state index contributed by atoms with van der Waals surface area (Å²) in [5.74, 6) is -0.615. The SMILES string of the molecule is CC(C)(C)OC(=O)N1CCc2cc(-c3nnc(-c4ccc(F)cc4OCCOCCN)c4scc(F)c34)ccc2C1. The second-order valence-electron chi connectivity index (χ2n) is 10.7. The van der Waals surface area contributed by atoms with E-state index in [0.29, 0.717) is 59.7 Å². The average Bonchev–Trinajstić information content (AvgIpc) is 3.33. The summed E-state index contributed by atoms with van der Waals surface area (Å²) < 4.78 is 46.6. The molecule has 2 aromatic carbocycles. The third kappa shape index (κ3) is 6.47. The maximum Gasteiger partial charge on any atom is 0.410 e. The summed E-state index contributed by atoms with van der Waals surface area (Å²) in [4.78, 5) is 14.2. The third-order valence-electron chi connectivity index (χ3n) is 6.54. The molecule has 2 aromatic heterocycles. The van der Waals surface area contributed by atoms with E-state index in [2.05, 4.69) is 10.2 Å². The van der Waals surface area contributed by atoms with Gasteiger partial charge in [0.15, 0.2) is 0 Å². The molecule has 1 aliphatic heterocycles. The fourth-order valence-electron chi connectivity index (χ4n) is 4.70. The van der Waals surface area contributed by atoms with Gasteiger partial charge in [-0.15, -0.1) is 21.5 Å². The van der Waals surface area contributed by atoms with Gasteiger partial charge in [0.05, 0.1) is 23.3 Å². The molecule has 0 bridgehead atoms. The van der Waals surface area contributed by atoms with Crippen LogP contribution in [0.2, 0.25) is 0 Å². The summed E-state index contributed by atoms with van der Waals surface area (Å²) in [7, 11) is 0. The summed E-state index contributed by atoms with van der Waals surface area (Å²) in [6.07, 6.45) is 0.289. The maximum atomic E-state index is 15.3. The summed E-state index contributed by atoms with van der Waals surface area (Å²) >= 11 is 1.21. The van der Waals surface area contributed by atoms with Crippen LogP contribution >= 0.6 is 11.3 Å². The van der Waals surface area contributed by atoms with Crippen molar-refractivity contribution in [3.8, 4) is 28.3 Å². The van der Waals surface area contributed by atoms with E-state index in [1.54, 1.807) is 11.0 Å². The highest BCUT2D eigenvalue weighted by Crippen LogP contribution is 2.41. The van der Waals surface area contributed by atoms with E-state index in [4.69, 9.17) is 19.9 Å². The second kappa shape index (κ2) is 12.1. The zero-order chi connectivity index (χ0) is 29.1. The smallest absolute Gasteiger partial charge is 0.410 e. The number of amides is 1. The quantitative estimate of drug-likeness (QED) is 0.256. The van der Waals surface area contributed by atoms with Gasteiger partial charge < -0.3 is 24.8 Å². The van der Waals surface area contributed by atoms with Crippen molar-refractivity contribution in [1.29, 1.82) is 0 Å². The summed E-state index contributed by atoms with van der Waals surface area (Å²) in [5.41, 5.74) is 8.98. The van der Waals surface area contributed by atoms with E-state index in [-0.39, 0.29) is 25.1 Å². The van der Waals surface area contributed by atoms with Crippen molar-refractivity contribution in [2.45, 2.75) is 39.3 Å². The minimum Gasteiger partial charge on any atom is -0.490 e. The zero-order valence-corrected chi connectivity index (χ0v) is 24.0. The van der Waals surface area contributed by atoms with Gasteiger partial charge in [-0.05, 0) is 56.5 Å². The van der Waals surface area contributed by atoms with Crippen LogP contribution in [0.4, 0.5) is 13.6 Å². The first kappa shape index (κ1) is 28.8. The lowest BCUT2D eigenvalue weighted by Gasteiger charge is -2.31. The number of hydrogen-bond donors (Lipinski definition) is 1. The predicted molar refractivity (Wildman–Crippen MR) is 154 cm³/mol. The largest absolute Gasteiger partial charge is 0.490 e. The van der Waals surface area contributed by atoms with E-state index >= 15 is 4.39 Å². The van der Waals surface area contributed by atoms with Gasteiger partial charge in [-0.1, -0.05) is 12.1 Å². The van der Waals surface area contributed by atoms with Crippen LogP contribution in [0.25, 0.3) is 32.6 Å². The minimum absolute atomic E-state index is 0.185. The van der Waals surface area contributed by atoms with Gasteiger partial charge >= 0.3 is 6.09 Å². The first-order valence-electron chi connectivity index (χ1n) is 13.4. The monoisotopic (exact) mass is 582 g/mol. The molecule has 0 saturated heterocycles. The highest BCUT2D eigenvalue weighted by atomic mass is 32.1. The molecular weight excluding hydrogens is 550 g/mol. The molecule has 5 rings (SSSR count). The molecule has 8 nitrogen and oxygen atoms in total. The first-order chi connectivity index (χ1) is 19.6. The number of halogens is 2. The van der Waals surface area contributed by atoms with Crippen LogP contribution in [0.15, 0.2) is 41.8 Å². The molecule has 1 aliphatic rings. The number of ether oxygens (including phenoxy) is 3. The van der Waals surface area contributed by atoms with Crippen molar-refractivity contribution in [3.05, 3.63) is 64.5 Å². The third-order valence-corrected chi connectivity index (χ3v) is 7.50. The number of nitrogens with two attached hydrogens (primary N) is 1. The number of benzene rings is 2. The number of thiophene rings is 1. The Balaban J connectivity index is 1.45. The molecule has 41 heavy (non-hydrogen) atoms. The van der Waals surface area contributed by atoms with Gasteiger partial charge in [0, 0.05) is 42.2 Å². The van der Waals surface area contributed by atoms with E-state index in [9.17, 15) is 9.18 Å². The highest BCUT2D eigenvalue weighted by Gasteiger charge is 2.27. The molecule has 1 amide bonds. The fourth-order valence-corrected chi connectivity index (χ4v) is 5.61. The Kier molecular flexibility index (Phi) is 8.48. The second-order valence-corrected chi connectivity index (χ2v) is 11.6. The van der Waals surface area contributed by atoms with Gasteiger partial charge in [-0.2, -0.15) is 0 Å². The van der Waals surface area contributed by atoms with Crippen molar-refractivity contribution < 1.29 is 27.8 Å². The molecule has 11 heteroatoms. The minimum atomic E-state index is -0.568. The highest BCUT2D eigenvalue weighted by molar-refractivity contribution is 7.17. The molecule has 4 aromatic rings. The molecule has 0 unspecified atom stereocenters. The Morgan fingerprint density at radius 1 is 1.05 bits per heavy atom. The molecule has 0 fully saturated rings. The molecule has 2 N–H and O–H groups in total. The molecule has 0 saturated carbocycles. The van der Waals surface area contributed by atoms with Gasteiger partial charge in [0.1, 0.15) is 41.0 Å². The van der Waals surface area contributed by atoms with Crippen molar-refractivity contribution >= 4 is 27.5 Å². The molecular formula is C30H32F2N4O4S. The first-order valence-corrected chi connectivity index (χ1v) is 14.3. The normalized spacial score (nSPS) is 13.4. The number of hydrogen-bond acceptors (Lipinski definition) is 8. The van der Waals surface area contributed by atoms with E-state index < -0.39 is 17.2 Å². The summed E-state index contributed by atoms with van der Waals surface area (Å²) in [6.45, 7) is 7.74. The number of carbonyl (C=O) groups is 1. The molecule has 0 aliphatic carbocycles. The van der Waals surface area contributed by atoms with Crippen LogP contribution in [-0.2, 0) is 22.4 Å². The molecule has 0 spiro atoms. The van der Waals surface area contributed by atoms with Gasteiger partial charge in [0.2, 0.25) is 0 Å². The van der Waals surface area contributed by atoms with Gasteiger partial charge in [-0.3, -0.25) is 0 Å². The average molecular weight is 583 g/mol. The van der Waals surface area contributed by atoms with Crippen LogP contribution < -0.4 is 10.5 Å². The maximum absolute atomic E-state index is 15.3. The number of rotatable bonds is 8. The lowest BCUT2D eigenvalue weighted by Crippen LogP contribution is -2.39. The topological polar surface area (TPSA) is 99.8 Å². The van der Waals surface area contributed by atoms with E-state index in [1.807, 2.05) is 39.0 Å². The van der Waals surface area contributed by atoms with Crippen molar-refractivity contribution in [1.82, 2.24) is 15.1 Å². The van der Waals surface area contributed by atoms with Crippen LogP contribution in [0.3, 0.4) is 0 Å². The Labute approximate surface area is 241 Å². The molecule has 216 valence electrons. The van der Waals surface area contributed by atoms with Crippen LogP contribution in [0.5, 0.6) is 5.75 Å². The van der Waals surface area contributed by atoms with Crippen molar-refractivity contribution in [2.24, 2.45) is 5.73 Å². The summed E-state index contributed by atoms with van der Waals surface area (Å²) in [6, 6.07) is 9.92. The van der Waals surface area contributed by atoms with E-state index in [0.717, 1.165) is 16.7 Å². The van der Waals surface area contributed by atoms with Crippen LogP contribution in [0, 0.1) is 11.6 Å². The van der Waals surface area contributed by atoms with Gasteiger partial charge in [0.25, 0.3) is 0 Å². The van der Waals surface area contributed by atoms with Gasteiger partial charge in [-0.25, -0.2) is 13.6 Å². The Morgan fingerprint density at radius 3 is 2.63 bits per heavy atom. The predicted octanol–water partition coefficient (Wildman–Crippen LogP) is 5.95.